The zero-order chi connectivity index (χ0) is 21.9. The number of amides is 1. The molecule has 8 nitrogen and oxygen atoms in total. The molecule has 0 fully saturated rings. The smallest absolute Gasteiger partial charge is 0.251 e. The quantitative estimate of drug-likeness (QED) is 0.629. The van der Waals surface area contributed by atoms with Gasteiger partial charge in [0.2, 0.25) is 10.0 Å². The molecule has 0 saturated heterocycles. The highest BCUT2D eigenvalue weighted by Crippen LogP contribution is 2.17. The van der Waals surface area contributed by atoms with Crippen LogP contribution in [-0.2, 0) is 10.0 Å². The van der Waals surface area contributed by atoms with E-state index in [0.29, 0.717) is 5.56 Å². The predicted octanol–water partition coefficient (Wildman–Crippen LogP) is 2.84. The summed E-state index contributed by atoms with van der Waals surface area (Å²) in [7, 11) is -3.64. The van der Waals surface area contributed by atoms with Crippen LogP contribution in [0.1, 0.15) is 49.7 Å². The molecule has 0 saturated carbocycles. The van der Waals surface area contributed by atoms with Gasteiger partial charge in [-0.2, -0.15) is 5.10 Å². The molecule has 1 atom stereocenters. The van der Waals surface area contributed by atoms with Crippen molar-refractivity contribution in [2.45, 2.75) is 44.2 Å². The number of hydrogen-bond acceptors (Lipinski definition) is 5. The van der Waals surface area contributed by atoms with Crippen LogP contribution in [0.5, 0.6) is 0 Å². The Balaban J connectivity index is 1.67. The predicted molar refractivity (Wildman–Crippen MR) is 114 cm³/mol. The molecule has 9 heteroatoms. The Kier molecular flexibility index (Phi) is 6.04. The van der Waals surface area contributed by atoms with Crippen LogP contribution in [0.2, 0.25) is 0 Å². The van der Waals surface area contributed by atoms with E-state index in [2.05, 4.69) is 20.1 Å². The molecule has 3 rings (SSSR count). The summed E-state index contributed by atoms with van der Waals surface area (Å²) in [5.74, 6) is -0.282. The molecule has 3 aromatic rings. The van der Waals surface area contributed by atoms with Crippen molar-refractivity contribution in [3.8, 4) is 5.69 Å². The van der Waals surface area contributed by atoms with E-state index >= 15 is 0 Å². The number of carbonyl (C=O) groups excluding carboxylic acids is 1. The summed E-state index contributed by atoms with van der Waals surface area (Å²) >= 11 is 0. The Hall–Kier alpha value is -3.04. The Morgan fingerprint density at radius 1 is 1.03 bits per heavy atom. The third-order valence-electron chi connectivity index (χ3n) is 4.29. The third kappa shape index (κ3) is 5.31. The van der Waals surface area contributed by atoms with Gasteiger partial charge in [0.15, 0.2) is 0 Å². The number of sulfonamides is 1. The molecule has 0 aliphatic carbocycles. The topological polar surface area (TPSA) is 106 Å². The molecule has 1 heterocycles. The largest absolute Gasteiger partial charge is 0.346 e. The first-order valence-corrected chi connectivity index (χ1v) is 10.9. The first-order valence-electron chi connectivity index (χ1n) is 9.45. The molecule has 0 aliphatic rings. The Morgan fingerprint density at radius 2 is 1.67 bits per heavy atom. The van der Waals surface area contributed by atoms with Crippen LogP contribution >= 0.6 is 0 Å². The minimum absolute atomic E-state index is 0.116. The molecule has 1 amide bonds. The van der Waals surface area contributed by atoms with E-state index in [-0.39, 0.29) is 16.8 Å². The van der Waals surface area contributed by atoms with Crippen LogP contribution in [0.3, 0.4) is 0 Å². The maximum atomic E-state index is 12.6. The van der Waals surface area contributed by atoms with Gasteiger partial charge in [-0.3, -0.25) is 4.79 Å². The van der Waals surface area contributed by atoms with Crippen molar-refractivity contribution in [1.29, 1.82) is 0 Å². The van der Waals surface area contributed by atoms with E-state index in [1.54, 1.807) is 31.8 Å². The van der Waals surface area contributed by atoms with E-state index in [0.717, 1.165) is 11.3 Å². The van der Waals surface area contributed by atoms with Crippen LogP contribution in [-0.4, -0.2) is 34.6 Å². The summed E-state index contributed by atoms with van der Waals surface area (Å²) < 4.78 is 29.0. The number of aromatic nitrogens is 3. The number of rotatable bonds is 6. The van der Waals surface area contributed by atoms with Crippen molar-refractivity contribution >= 4 is 15.9 Å². The molecule has 158 valence electrons. The maximum Gasteiger partial charge on any atom is 0.251 e. The zero-order valence-electron chi connectivity index (χ0n) is 17.3. The summed E-state index contributed by atoms with van der Waals surface area (Å²) in [5.41, 5.74) is 1.60. The van der Waals surface area contributed by atoms with Gasteiger partial charge in [0, 0.05) is 11.1 Å². The van der Waals surface area contributed by atoms with E-state index in [1.807, 2.05) is 31.2 Å². The summed E-state index contributed by atoms with van der Waals surface area (Å²) in [6, 6.07) is 13.3. The summed E-state index contributed by atoms with van der Waals surface area (Å²) in [6.07, 6.45) is 3.08. The fourth-order valence-electron chi connectivity index (χ4n) is 2.87. The number of nitrogens with one attached hydrogen (secondary N) is 2. The lowest BCUT2D eigenvalue weighted by molar-refractivity contribution is 0.0939. The van der Waals surface area contributed by atoms with Crippen molar-refractivity contribution in [3.63, 3.8) is 0 Å². The average Bonchev–Trinajstić information content (AvgIpc) is 3.21. The van der Waals surface area contributed by atoms with Gasteiger partial charge in [0.25, 0.3) is 5.91 Å². The molecule has 30 heavy (non-hydrogen) atoms. The van der Waals surface area contributed by atoms with Crippen molar-refractivity contribution in [2.24, 2.45) is 0 Å². The first-order chi connectivity index (χ1) is 14.0. The highest BCUT2D eigenvalue weighted by Gasteiger charge is 2.22. The fraction of sp³-hybridized carbons (Fsp3) is 0.286. The van der Waals surface area contributed by atoms with Crippen molar-refractivity contribution < 1.29 is 13.2 Å². The first kappa shape index (κ1) is 21.7. The lowest BCUT2D eigenvalue weighted by atomic mass is 10.1. The van der Waals surface area contributed by atoms with Crippen LogP contribution in [0.25, 0.3) is 5.69 Å². The normalized spacial score (nSPS) is 13.1. The Bertz CT molecular complexity index is 1100. The molecule has 0 aliphatic heterocycles. The monoisotopic (exact) mass is 427 g/mol. The summed E-state index contributed by atoms with van der Waals surface area (Å²) in [5, 5.41) is 7.01. The lowest BCUT2D eigenvalue weighted by Gasteiger charge is -2.20. The molecule has 1 aromatic heterocycles. The van der Waals surface area contributed by atoms with E-state index < -0.39 is 15.6 Å². The average molecular weight is 428 g/mol. The SMILES string of the molecule is CC(NC(=O)c1ccc(S(=O)(=O)NC(C)(C)C)cc1)c1ccc(-n2cncn2)cc1. The van der Waals surface area contributed by atoms with E-state index in [1.165, 1.54) is 30.6 Å². The second-order valence-electron chi connectivity index (χ2n) is 8.01. The molecule has 2 aromatic carbocycles. The van der Waals surface area contributed by atoms with Crippen LogP contribution in [0.15, 0.2) is 66.1 Å². The highest BCUT2D eigenvalue weighted by molar-refractivity contribution is 7.89. The minimum Gasteiger partial charge on any atom is -0.346 e. The lowest BCUT2D eigenvalue weighted by Crippen LogP contribution is -2.40. The number of nitrogens with zero attached hydrogens (tertiary/aromatic N) is 3. The van der Waals surface area contributed by atoms with Crippen LogP contribution in [0.4, 0.5) is 0 Å². The van der Waals surface area contributed by atoms with E-state index in [9.17, 15) is 13.2 Å². The molecular formula is C21H25N5O3S. The molecule has 2 N–H and O–H groups in total. The fourth-order valence-corrected chi connectivity index (χ4v) is 4.29. The van der Waals surface area contributed by atoms with Gasteiger partial charge in [-0.1, -0.05) is 12.1 Å². The van der Waals surface area contributed by atoms with Gasteiger partial charge >= 0.3 is 0 Å². The van der Waals surface area contributed by atoms with E-state index in [4.69, 9.17) is 0 Å². The van der Waals surface area contributed by atoms with Gasteiger partial charge in [-0.05, 0) is 69.7 Å². The Labute approximate surface area is 176 Å². The van der Waals surface area contributed by atoms with Crippen molar-refractivity contribution in [2.75, 3.05) is 0 Å². The third-order valence-corrected chi connectivity index (χ3v) is 6.07. The van der Waals surface area contributed by atoms with Crippen molar-refractivity contribution in [1.82, 2.24) is 24.8 Å². The van der Waals surface area contributed by atoms with Gasteiger partial charge in [0.1, 0.15) is 12.7 Å². The standard InChI is InChI=1S/C21H25N5O3S/c1-15(16-5-9-18(10-6-16)26-14-22-13-23-26)24-20(27)17-7-11-19(12-8-17)30(28,29)25-21(2,3)4/h5-15,25H,1-4H3,(H,24,27). The minimum atomic E-state index is -3.64. The molecular weight excluding hydrogens is 402 g/mol. The maximum absolute atomic E-state index is 12.6. The summed E-state index contributed by atoms with van der Waals surface area (Å²) in [6.45, 7) is 7.19. The van der Waals surface area contributed by atoms with Crippen LogP contribution < -0.4 is 10.0 Å². The molecule has 1 unspecified atom stereocenters. The Morgan fingerprint density at radius 3 is 2.20 bits per heavy atom. The molecule has 0 radical (unpaired) electrons. The number of benzene rings is 2. The van der Waals surface area contributed by atoms with Gasteiger partial charge in [0.05, 0.1) is 16.6 Å². The zero-order valence-corrected chi connectivity index (χ0v) is 18.1. The summed E-state index contributed by atoms with van der Waals surface area (Å²) in [4.78, 5) is 16.6. The highest BCUT2D eigenvalue weighted by atomic mass is 32.2. The van der Waals surface area contributed by atoms with Gasteiger partial charge in [-0.15, -0.1) is 0 Å². The van der Waals surface area contributed by atoms with Crippen molar-refractivity contribution in [3.05, 3.63) is 72.3 Å². The van der Waals surface area contributed by atoms with Crippen LogP contribution in [0, 0.1) is 0 Å². The number of hydrogen-bond donors (Lipinski definition) is 2. The molecule has 0 spiro atoms. The van der Waals surface area contributed by atoms with Gasteiger partial charge < -0.3 is 5.32 Å². The number of carbonyl (C=O) groups is 1. The van der Waals surface area contributed by atoms with Gasteiger partial charge in [-0.25, -0.2) is 22.8 Å². The second kappa shape index (κ2) is 8.37. The second-order valence-corrected chi connectivity index (χ2v) is 9.69. The molecule has 0 bridgehead atoms.